The molecule has 104 valence electrons. The van der Waals surface area contributed by atoms with Gasteiger partial charge in [0, 0.05) is 28.9 Å². The van der Waals surface area contributed by atoms with E-state index in [1.54, 1.807) is 6.26 Å². The van der Waals surface area contributed by atoms with Gasteiger partial charge in [0.2, 0.25) is 0 Å². The SMILES string of the molecule is Cc1ccc2nc(CCl)n(C(C)CCS(C)=O)c2c1. The summed E-state index contributed by atoms with van der Waals surface area (Å²) in [7, 11) is -0.761. The van der Waals surface area contributed by atoms with Crippen molar-refractivity contribution in [1.82, 2.24) is 9.55 Å². The predicted molar refractivity (Wildman–Crippen MR) is 82.3 cm³/mol. The van der Waals surface area contributed by atoms with Gasteiger partial charge in [0.15, 0.2) is 0 Å². The molecule has 1 heterocycles. The van der Waals surface area contributed by atoms with Crippen molar-refractivity contribution in [3.8, 4) is 0 Å². The van der Waals surface area contributed by atoms with Crippen LogP contribution in [-0.4, -0.2) is 25.8 Å². The van der Waals surface area contributed by atoms with Crippen molar-refractivity contribution in [2.75, 3.05) is 12.0 Å². The molecule has 0 amide bonds. The zero-order chi connectivity index (χ0) is 14.0. The highest BCUT2D eigenvalue weighted by molar-refractivity contribution is 7.84. The number of hydrogen-bond acceptors (Lipinski definition) is 2. The normalized spacial score (nSPS) is 14.7. The summed E-state index contributed by atoms with van der Waals surface area (Å²) in [6, 6.07) is 6.48. The molecule has 1 aromatic carbocycles. The van der Waals surface area contributed by atoms with E-state index in [0.717, 1.165) is 23.3 Å². The Balaban J connectivity index is 2.44. The van der Waals surface area contributed by atoms with Crippen LogP contribution in [-0.2, 0) is 16.7 Å². The van der Waals surface area contributed by atoms with Gasteiger partial charge >= 0.3 is 0 Å². The molecule has 0 saturated carbocycles. The van der Waals surface area contributed by atoms with E-state index in [4.69, 9.17) is 11.6 Å². The van der Waals surface area contributed by atoms with Crippen LogP contribution in [0.2, 0.25) is 0 Å². The predicted octanol–water partition coefficient (Wildman–Crippen LogP) is 3.41. The maximum atomic E-state index is 11.3. The minimum absolute atomic E-state index is 0.254. The van der Waals surface area contributed by atoms with Gasteiger partial charge in [-0.3, -0.25) is 4.21 Å². The number of benzene rings is 1. The van der Waals surface area contributed by atoms with E-state index in [2.05, 4.69) is 35.5 Å². The van der Waals surface area contributed by atoms with Crippen molar-refractivity contribution < 1.29 is 4.21 Å². The van der Waals surface area contributed by atoms with E-state index >= 15 is 0 Å². The van der Waals surface area contributed by atoms with Crippen LogP contribution in [0.15, 0.2) is 18.2 Å². The Morgan fingerprint density at radius 3 is 2.84 bits per heavy atom. The molecule has 0 spiro atoms. The zero-order valence-corrected chi connectivity index (χ0v) is 13.1. The average molecular weight is 299 g/mol. The fraction of sp³-hybridized carbons (Fsp3) is 0.500. The van der Waals surface area contributed by atoms with E-state index in [-0.39, 0.29) is 6.04 Å². The zero-order valence-electron chi connectivity index (χ0n) is 11.5. The van der Waals surface area contributed by atoms with Crippen LogP contribution in [0.1, 0.15) is 30.8 Å². The molecule has 19 heavy (non-hydrogen) atoms. The second kappa shape index (κ2) is 6.06. The van der Waals surface area contributed by atoms with Crippen LogP contribution in [0.5, 0.6) is 0 Å². The van der Waals surface area contributed by atoms with Gasteiger partial charge in [-0.05, 0) is 38.0 Å². The monoisotopic (exact) mass is 298 g/mol. The number of rotatable bonds is 5. The Hall–Kier alpha value is -0.870. The van der Waals surface area contributed by atoms with Crippen molar-refractivity contribution >= 4 is 33.4 Å². The minimum Gasteiger partial charge on any atom is -0.324 e. The molecule has 2 aromatic rings. The lowest BCUT2D eigenvalue weighted by molar-refractivity contribution is 0.531. The van der Waals surface area contributed by atoms with Crippen LogP contribution in [0.3, 0.4) is 0 Å². The molecule has 2 atom stereocenters. The molecule has 0 fully saturated rings. The Morgan fingerprint density at radius 2 is 2.21 bits per heavy atom. The number of halogens is 1. The van der Waals surface area contributed by atoms with Gasteiger partial charge in [0.25, 0.3) is 0 Å². The summed E-state index contributed by atoms with van der Waals surface area (Å²) >= 11 is 6.01. The lowest BCUT2D eigenvalue weighted by Crippen LogP contribution is -2.11. The average Bonchev–Trinajstić information content (AvgIpc) is 2.73. The van der Waals surface area contributed by atoms with Crippen LogP contribution < -0.4 is 0 Å². The number of alkyl halides is 1. The first-order valence-corrected chi connectivity index (χ1v) is 8.62. The summed E-state index contributed by atoms with van der Waals surface area (Å²) in [5, 5.41) is 0. The number of nitrogens with zero attached hydrogens (tertiary/aromatic N) is 2. The van der Waals surface area contributed by atoms with E-state index in [0.29, 0.717) is 11.6 Å². The molecule has 2 rings (SSSR count). The van der Waals surface area contributed by atoms with E-state index in [1.165, 1.54) is 5.56 Å². The lowest BCUT2D eigenvalue weighted by atomic mass is 10.2. The van der Waals surface area contributed by atoms with Gasteiger partial charge < -0.3 is 4.57 Å². The molecule has 0 aliphatic heterocycles. The third kappa shape index (κ3) is 3.18. The molecule has 0 aliphatic carbocycles. The van der Waals surface area contributed by atoms with E-state index < -0.39 is 10.8 Å². The maximum absolute atomic E-state index is 11.3. The van der Waals surface area contributed by atoms with Gasteiger partial charge in [-0.1, -0.05) is 6.07 Å². The van der Waals surface area contributed by atoms with E-state index in [9.17, 15) is 4.21 Å². The fourth-order valence-electron chi connectivity index (χ4n) is 2.30. The Kier molecular flexibility index (Phi) is 4.63. The topological polar surface area (TPSA) is 34.9 Å². The second-order valence-electron chi connectivity index (χ2n) is 4.94. The van der Waals surface area contributed by atoms with Crippen molar-refractivity contribution in [1.29, 1.82) is 0 Å². The van der Waals surface area contributed by atoms with Crippen LogP contribution in [0.25, 0.3) is 11.0 Å². The maximum Gasteiger partial charge on any atom is 0.125 e. The molecule has 0 N–H and O–H groups in total. The Morgan fingerprint density at radius 1 is 1.47 bits per heavy atom. The molecule has 1 aromatic heterocycles. The summed E-state index contributed by atoms with van der Waals surface area (Å²) in [6.07, 6.45) is 2.61. The third-order valence-electron chi connectivity index (χ3n) is 3.30. The lowest BCUT2D eigenvalue weighted by Gasteiger charge is -2.16. The number of aromatic nitrogens is 2. The molecule has 0 saturated heterocycles. The van der Waals surface area contributed by atoms with E-state index in [1.807, 2.05) is 6.07 Å². The van der Waals surface area contributed by atoms with Crippen LogP contribution in [0, 0.1) is 6.92 Å². The van der Waals surface area contributed by atoms with Crippen molar-refractivity contribution in [2.24, 2.45) is 0 Å². The van der Waals surface area contributed by atoms with Gasteiger partial charge in [-0.25, -0.2) is 4.98 Å². The highest BCUT2D eigenvalue weighted by atomic mass is 35.5. The highest BCUT2D eigenvalue weighted by Gasteiger charge is 2.15. The van der Waals surface area contributed by atoms with Crippen LogP contribution in [0.4, 0.5) is 0 Å². The molecule has 0 aliphatic rings. The molecule has 0 radical (unpaired) electrons. The summed E-state index contributed by atoms with van der Waals surface area (Å²) < 4.78 is 13.4. The van der Waals surface area contributed by atoms with Crippen molar-refractivity contribution in [2.45, 2.75) is 32.2 Å². The van der Waals surface area contributed by atoms with Crippen molar-refractivity contribution in [3.05, 3.63) is 29.6 Å². The molecule has 3 nitrogen and oxygen atoms in total. The standard InChI is InChI=1S/C14H19ClN2OS/c1-10-4-5-12-13(8-10)17(14(9-15)16-12)11(2)6-7-19(3)18/h4-5,8,11H,6-7,9H2,1-3H3. The van der Waals surface area contributed by atoms with Gasteiger partial charge in [0.05, 0.1) is 16.9 Å². The summed E-state index contributed by atoms with van der Waals surface area (Å²) in [4.78, 5) is 4.58. The Bertz CT molecular complexity index is 609. The molecule has 5 heteroatoms. The smallest absolute Gasteiger partial charge is 0.125 e. The first-order chi connectivity index (χ1) is 9.02. The Labute approximate surface area is 121 Å². The second-order valence-corrected chi connectivity index (χ2v) is 6.76. The van der Waals surface area contributed by atoms with Crippen molar-refractivity contribution in [3.63, 3.8) is 0 Å². The minimum atomic E-state index is -0.761. The molecule has 0 bridgehead atoms. The third-order valence-corrected chi connectivity index (χ3v) is 4.35. The van der Waals surface area contributed by atoms with Crippen LogP contribution >= 0.6 is 11.6 Å². The number of fused-ring (bicyclic) bond motifs is 1. The molecular weight excluding hydrogens is 280 g/mol. The van der Waals surface area contributed by atoms with Gasteiger partial charge in [-0.15, -0.1) is 11.6 Å². The summed E-state index contributed by atoms with van der Waals surface area (Å²) in [5.74, 6) is 1.98. The largest absolute Gasteiger partial charge is 0.324 e. The fourth-order valence-corrected chi connectivity index (χ4v) is 3.17. The number of imidazole rings is 1. The molecule has 2 unspecified atom stereocenters. The summed E-state index contributed by atoms with van der Waals surface area (Å²) in [6.45, 7) is 4.20. The number of aryl methyl sites for hydroxylation is 1. The first kappa shape index (κ1) is 14.5. The van der Waals surface area contributed by atoms with Gasteiger partial charge in [-0.2, -0.15) is 0 Å². The quantitative estimate of drug-likeness (QED) is 0.793. The highest BCUT2D eigenvalue weighted by Crippen LogP contribution is 2.25. The molecular formula is C14H19ClN2OS. The van der Waals surface area contributed by atoms with Gasteiger partial charge in [0.1, 0.15) is 5.82 Å². The summed E-state index contributed by atoms with van der Waals surface area (Å²) in [5.41, 5.74) is 3.30. The number of hydrogen-bond donors (Lipinski definition) is 0. The first-order valence-electron chi connectivity index (χ1n) is 6.36.